The maximum atomic E-state index is 6.58. The third-order valence-electron chi connectivity index (χ3n) is 16.0. The Balaban J connectivity index is 1.13. The molecule has 0 fully saturated rings. The molecule has 0 bridgehead atoms. The van der Waals surface area contributed by atoms with E-state index in [1.165, 1.54) is 94.4 Å². The molecule has 5 heteroatoms. The van der Waals surface area contributed by atoms with Crippen LogP contribution in [0.3, 0.4) is 0 Å². The molecular formula is C68H62BN3O. The van der Waals surface area contributed by atoms with Crippen molar-refractivity contribution in [3.8, 4) is 16.8 Å². The highest BCUT2D eigenvalue weighted by Gasteiger charge is 2.45. The smallest absolute Gasteiger partial charge is 0.252 e. The average Bonchev–Trinajstić information content (AvgIpc) is 3.92. The van der Waals surface area contributed by atoms with Crippen molar-refractivity contribution in [1.82, 2.24) is 4.57 Å². The van der Waals surface area contributed by atoms with Crippen LogP contribution in [0.2, 0.25) is 0 Å². The van der Waals surface area contributed by atoms with E-state index in [0.717, 1.165) is 44.4 Å². The molecule has 0 radical (unpaired) electrons. The van der Waals surface area contributed by atoms with E-state index in [4.69, 9.17) is 4.42 Å². The summed E-state index contributed by atoms with van der Waals surface area (Å²) < 4.78 is 9.05. The van der Waals surface area contributed by atoms with Gasteiger partial charge in [-0.2, -0.15) is 0 Å². The number of hydrogen-bond donors (Lipinski definition) is 0. The number of hydrogen-bond acceptors (Lipinski definition) is 3. The zero-order chi connectivity index (χ0) is 50.5. The van der Waals surface area contributed by atoms with E-state index in [9.17, 15) is 0 Å². The number of furan rings is 1. The fourth-order valence-corrected chi connectivity index (χ4v) is 12.2. The van der Waals surface area contributed by atoms with Crippen LogP contribution in [0.15, 0.2) is 180 Å². The zero-order valence-electron chi connectivity index (χ0n) is 44.1. The van der Waals surface area contributed by atoms with Crippen LogP contribution in [0.25, 0.3) is 60.6 Å². The molecule has 4 heterocycles. The SMILES string of the molecule is Cc1cc(C(C)(C)C)cc(C)c1N1c2cc3c(cc2B2c4cc(C(C)(C)C)ccc4N(c4ccc(-c5cccc6c5oc5ccccc56)cc4)c4cc(C(C)(C)C)cc1c42)c1ccccc1n3-c1ccccc1. The van der Waals surface area contributed by atoms with Crippen LogP contribution in [-0.4, -0.2) is 11.3 Å². The van der Waals surface area contributed by atoms with Gasteiger partial charge in [0.1, 0.15) is 11.2 Å². The van der Waals surface area contributed by atoms with Gasteiger partial charge in [0.15, 0.2) is 0 Å². The Morgan fingerprint density at radius 1 is 0.411 bits per heavy atom. The summed E-state index contributed by atoms with van der Waals surface area (Å²) in [6.45, 7) is 25.7. The highest BCUT2D eigenvalue weighted by atomic mass is 16.3. The third kappa shape index (κ3) is 6.95. The first kappa shape index (κ1) is 45.1. The van der Waals surface area contributed by atoms with Gasteiger partial charge >= 0.3 is 0 Å². The summed E-state index contributed by atoms with van der Waals surface area (Å²) >= 11 is 0. The summed E-state index contributed by atoms with van der Waals surface area (Å²) in [5.74, 6) is 0. The highest BCUT2D eigenvalue weighted by Crippen LogP contribution is 2.50. The molecule has 0 saturated carbocycles. The zero-order valence-corrected chi connectivity index (χ0v) is 44.1. The number of anilines is 6. The van der Waals surface area contributed by atoms with E-state index in [-0.39, 0.29) is 23.0 Å². The van der Waals surface area contributed by atoms with Gasteiger partial charge < -0.3 is 18.8 Å². The van der Waals surface area contributed by atoms with E-state index in [0.29, 0.717) is 0 Å². The van der Waals surface area contributed by atoms with Gasteiger partial charge in [0.2, 0.25) is 0 Å². The number of nitrogens with zero attached hydrogens (tertiary/aromatic N) is 3. The molecule has 2 aliphatic heterocycles. The number of rotatable bonds is 4. The lowest BCUT2D eigenvalue weighted by molar-refractivity contribution is 0.589. The molecule has 13 rings (SSSR count). The first-order valence-corrected chi connectivity index (χ1v) is 26.1. The van der Waals surface area contributed by atoms with E-state index < -0.39 is 0 Å². The lowest BCUT2D eigenvalue weighted by Crippen LogP contribution is -2.61. The van der Waals surface area contributed by atoms with Crippen molar-refractivity contribution in [2.24, 2.45) is 0 Å². The number of aromatic nitrogens is 1. The van der Waals surface area contributed by atoms with Crippen molar-refractivity contribution in [3.05, 3.63) is 204 Å². The molecule has 0 unspecified atom stereocenters. The van der Waals surface area contributed by atoms with Gasteiger partial charge in [0, 0.05) is 61.2 Å². The van der Waals surface area contributed by atoms with Crippen LogP contribution >= 0.6 is 0 Å². The standard InChI is InChI=1S/C68H62BN3O/c1-41-34-45(67(6,7)8)35-42(2)64(41)72-59-40-58-53(50-22-15-17-26-56(50)70(58)47-20-13-12-14-21-47)39-55(59)69-54-36-44(66(3,4)5)30-33-57(54)71(60-37-46(68(9,10)11)38-61(72)63(60)69)48-31-28-43(29-32-48)49-24-19-25-52-51-23-16-18-27-62(51)73-65(49)52/h12-40H,1-11H3. The Labute approximate surface area is 430 Å². The largest absolute Gasteiger partial charge is 0.455 e. The lowest BCUT2D eigenvalue weighted by Gasteiger charge is -2.46. The monoisotopic (exact) mass is 947 g/mol. The molecule has 0 saturated heterocycles. The molecule has 0 N–H and O–H groups in total. The molecule has 2 aromatic heterocycles. The van der Waals surface area contributed by atoms with Crippen molar-refractivity contribution in [2.75, 3.05) is 9.80 Å². The van der Waals surface area contributed by atoms with Gasteiger partial charge in [-0.05, 0) is 141 Å². The van der Waals surface area contributed by atoms with Crippen molar-refractivity contribution in [3.63, 3.8) is 0 Å². The Morgan fingerprint density at radius 3 is 1.71 bits per heavy atom. The van der Waals surface area contributed by atoms with Crippen LogP contribution in [0.5, 0.6) is 0 Å². The first-order chi connectivity index (χ1) is 34.9. The van der Waals surface area contributed by atoms with Gasteiger partial charge in [0.05, 0.1) is 16.7 Å². The van der Waals surface area contributed by atoms with Crippen molar-refractivity contribution in [1.29, 1.82) is 0 Å². The topological polar surface area (TPSA) is 24.6 Å². The van der Waals surface area contributed by atoms with E-state index in [2.05, 4.69) is 260 Å². The lowest BCUT2D eigenvalue weighted by atomic mass is 9.33. The highest BCUT2D eigenvalue weighted by molar-refractivity contribution is 7.00. The minimum atomic E-state index is -0.159. The third-order valence-corrected chi connectivity index (χ3v) is 16.0. The summed E-state index contributed by atoms with van der Waals surface area (Å²) in [4.78, 5) is 5.24. The van der Waals surface area contributed by atoms with Crippen LogP contribution in [0.1, 0.15) is 90.1 Å². The number of para-hydroxylation sites is 4. The molecule has 73 heavy (non-hydrogen) atoms. The molecule has 0 amide bonds. The predicted octanol–water partition coefficient (Wildman–Crippen LogP) is 16.9. The van der Waals surface area contributed by atoms with E-state index in [1.54, 1.807) is 0 Å². The van der Waals surface area contributed by atoms with Gasteiger partial charge in [-0.1, -0.05) is 178 Å². The quantitative estimate of drug-likeness (QED) is 0.164. The van der Waals surface area contributed by atoms with Crippen LogP contribution < -0.4 is 26.2 Å². The average molecular weight is 948 g/mol. The van der Waals surface area contributed by atoms with Gasteiger partial charge in [-0.3, -0.25) is 0 Å². The second-order valence-electron chi connectivity index (χ2n) is 24.0. The molecule has 358 valence electrons. The summed E-state index contributed by atoms with van der Waals surface area (Å²) in [7, 11) is 0. The number of benzene rings is 9. The second kappa shape index (κ2) is 15.9. The summed E-state index contributed by atoms with van der Waals surface area (Å²) in [6, 6.07) is 66.3. The minimum absolute atomic E-state index is 0.00382. The molecule has 0 atom stereocenters. The van der Waals surface area contributed by atoms with Crippen molar-refractivity contribution < 1.29 is 4.42 Å². The maximum absolute atomic E-state index is 6.58. The van der Waals surface area contributed by atoms with Crippen LogP contribution in [0.4, 0.5) is 34.1 Å². The summed E-state index contributed by atoms with van der Waals surface area (Å²) in [5.41, 5.74) is 25.1. The Hall–Kier alpha value is -7.76. The van der Waals surface area contributed by atoms with E-state index in [1.807, 2.05) is 6.07 Å². The van der Waals surface area contributed by atoms with Crippen molar-refractivity contribution in [2.45, 2.75) is 92.4 Å². The fourth-order valence-electron chi connectivity index (χ4n) is 12.2. The summed E-state index contributed by atoms with van der Waals surface area (Å²) in [6.07, 6.45) is 0. The molecule has 11 aromatic rings. The number of aryl methyl sites for hydroxylation is 2. The molecular weight excluding hydrogens is 886 g/mol. The summed E-state index contributed by atoms with van der Waals surface area (Å²) in [5, 5.41) is 4.80. The van der Waals surface area contributed by atoms with Gasteiger partial charge in [-0.15, -0.1) is 0 Å². The van der Waals surface area contributed by atoms with Crippen LogP contribution in [-0.2, 0) is 16.2 Å². The normalized spacial score (nSPS) is 13.6. The Bertz CT molecular complexity index is 4040. The molecule has 9 aromatic carbocycles. The van der Waals surface area contributed by atoms with Crippen LogP contribution in [0, 0.1) is 13.8 Å². The first-order valence-electron chi connectivity index (χ1n) is 26.1. The molecule has 0 spiro atoms. The minimum Gasteiger partial charge on any atom is -0.455 e. The molecule has 0 aliphatic carbocycles. The van der Waals surface area contributed by atoms with E-state index >= 15 is 0 Å². The number of fused-ring (bicyclic) bond motifs is 10. The van der Waals surface area contributed by atoms with Gasteiger partial charge in [-0.25, -0.2) is 0 Å². The Kier molecular flexibility index (Phi) is 9.81. The maximum Gasteiger partial charge on any atom is 0.252 e. The van der Waals surface area contributed by atoms with Crippen molar-refractivity contribution >= 4 is 101 Å². The van der Waals surface area contributed by atoms with Gasteiger partial charge in [0.25, 0.3) is 6.71 Å². The molecule has 2 aliphatic rings. The Morgan fingerprint density at radius 2 is 1.01 bits per heavy atom. The second-order valence-corrected chi connectivity index (χ2v) is 24.0. The fraction of sp³-hybridized carbons (Fsp3) is 0.206. The molecule has 4 nitrogen and oxygen atoms in total. The predicted molar refractivity (Wildman–Crippen MR) is 313 cm³/mol.